The van der Waals surface area contributed by atoms with Crippen molar-refractivity contribution >= 4 is 11.7 Å². The number of aliphatic hydroxyl groups is 2. The highest BCUT2D eigenvalue weighted by atomic mass is 16.3. The van der Waals surface area contributed by atoms with Crippen LogP contribution in [-0.4, -0.2) is 41.2 Å². The van der Waals surface area contributed by atoms with Crippen molar-refractivity contribution in [3.05, 3.63) is 0 Å². The second kappa shape index (κ2) is 27.1. The predicted molar refractivity (Wildman–Crippen MR) is 152 cm³/mol. The monoisotopic (exact) mass is 511 g/mol. The smallest absolute Gasteiger partial charge is 0.230 e. The van der Waals surface area contributed by atoms with Gasteiger partial charge in [0.15, 0.2) is 0 Å². The van der Waals surface area contributed by atoms with Gasteiger partial charge in [-0.25, -0.2) is 0 Å². The van der Waals surface area contributed by atoms with Gasteiger partial charge in [-0.15, -0.1) is 0 Å². The van der Waals surface area contributed by atoms with Gasteiger partial charge in [-0.2, -0.15) is 0 Å². The topological polar surface area (TPSA) is 86.6 Å². The SMILES string of the molecule is CCCCCCCCCCCCCC(=O)C(CCCCCCCCCCCC)C(=O)NC(CO)CO. The van der Waals surface area contributed by atoms with E-state index in [1.54, 1.807) is 0 Å². The summed E-state index contributed by atoms with van der Waals surface area (Å²) < 4.78 is 0. The maximum absolute atomic E-state index is 12.9. The maximum atomic E-state index is 12.9. The molecule has 0 aromatic heterocycles. The number of aliphatic hydroxyl groups excluding tert-OH is 2. The van der Waals surface area contributed by atoms with Crippen LogP contribution in [-0.2, 0) is 9.59 Å². The fourth-order valence-electron chi connectivity index (χ4n) is 4.86. The molecule has 1 unspecified atom stereocenters. The molecule has 0 radical (unpaired) electrons. The van der Waals surface area contributed by atoms with E-state index in [1.807, 2.05) is 0 Å². The molecule has 0 fully saturated rings. The highest BCUT2D eigenvalue weighted by Gasteiger charge is 2.27. The number of hydrogen-bond donors (Lipinski definition) is 3. The predicted octanol–water partition coefficient (Wildman–Crippen LogP) is 7.65. The third-order valence-electron chi connectivity index (χ3n) is 7.37. The van der Waals surface area contributed by atoms with Crippen LogP contribution in [0.3, 0.4) is 0 Å². The van der Waals surface area contributed by atoms with Crippen LogP contribution in [0.15, 0.2) is 0 Å². The second-order valence-electron chi connectivity index (χ2n) is 10.8. The van der Waals surface area contributed by atoms with E-state index < -0.39 is 12.0 Å². The molecular weight excluding hydrogens is 450 g/mol. The number of unbranched alkanes of at least 4 members (excludes halogenated alkanes) is 19. The first-order valence-corrected chi connectivity index (χ1v) is 15.6. The molecule has 0 heterocycles. The van der Waals surface area contributed by atoms with Crippen molar-refractivity contribution in [1.82, 2.24) is 5.32 Å². The number of nitrogens with one attached hydrogen (secondary N) is 1. The molecule has 0 saturated carbocycles. The lowest BCUT2D eigenvalue weighted by Gasteiger charge is -2.19. The summed E-state index contributed by atoms with van der Waals surface area (Å²) in [6.07, 6.45) is 26.8. The molecule has 1 atom stereocenters. The van der Waals surface area contributed by atoms with E-state index in [1.165, 1.54) is 96.3 Å². The number of rotatable bonds is 28. The Bertz CT molecular complexity index is 493. The van der Waals surface area contributed by atoms with Gasteiger partial charge in [-0.3, -0.25) is 9.59 Å². The van der Waals surface area contributed by atoms with Crippen LogP contribution in [0.1, 0.15) is 162 Å². The van der Waals surface area contributed by atoms with Crippen LogP contribution in [0.4, 0.5) is 0 Å². The standard InChI is InChI=1S/C31H61NO4/c1-3-5-7-9-11-13-15-17-19-21-23-25-30(35)29(31(36)32-28(26-33)27-34)24-22-20-18-16-14-12-10-8-6-4-2/h28-29,33-34H,3-27H2,1-2H3,(H,32,36). The molecule has 0 bridgehead atoms. The van der Waals surface area contributed by atoms with Crippen LogP contribution in [0.25, 0.3) is 0 Å². The molecule has 3 N–H and O–H groups in total. The van der Waals surface area contributed by atoms with Gasteiger partial charge in [-0.1, -0.05) is 142 Å². The van der Waals surface area contributed by atoms with Gasteiger partial charge in [0, 0.05) is 6.42 Å². The molecule has 0 spiro atoms. The summed E-state index contributed by atoms with van der Waals surface area (Å²) in [5, 5.41) is 21.3. The maximum Gasteiger partial charge on any atom is 0.230 e. The summed E-state index contributed by atoms with van der Waals surface area (Å²) in [5.74, 6) is -0.955. The van der Waals surface area contributed by atoms with Gasteiger partial charge in [-0.05, 0) is 12.8 Å². The third kappa shape index (κ3) is 21.2. The molecule has 0 aromatic rings. The molecular formula is C31H61NO4. The number of carbonyl (C=O) groups excluding carboxylic acids is 2. The normalized spacial score (nSPS) is 12.2. The molecule has 36 heavy (non-hydrogen) atoms. The van der Waals surface area contributed by atoms with Gasteiger partial charge in [0.25, 0.3) is 0 Å². The molecule has 0 saturated heterocycles. The number of Topliss-reactive ketones (excluding diaryl/α,β-unsaturated/α-hetero) is 1. The lowest BCUT2D eigenvalue weighted by molar-refractivity contribution is -0.135. The van der Waals surface area contributed by atoms with Crippen molar-refractivity contribution < 1.29 is 19.8 Å². The van der Waals surface area contributed by atoms with Gasteiger partial charge in [0.05, 0.1) is 25.2 Å². The van der Waals surface area contributed by atoms with Crippen molar-refractivity contribution in [3.63, 3.8) is 0 Å². The first kappa shape index (κ1) is 35.1. The van der Waals surface area contributed by atoms with Gasteiger partial charge in [0.2, 0.25) is 5.91 Å². The minimum absolute atomic E-state index is 0.0222. The molecule has 0 aliphatic heterocycles. The molecule has 1 amide bonds. The first-order valence-electron chi connectivity index (χ1n) is 15.6. The molecule has 5 nitrogen and oxygen atoms in total. The minimum Gasteiger partial charge on any atom is -0.394 e. The van der Waals surface area contributed by atoms with E-state index in [-0.39, 0.29) is 24.9 Å². The minimum atomic E-state index is -0.692. The third-order valence-corrected chi connectivity index (χ3v) is 7.37. The zero-order valence-electron chi connectivity index (χ0n) is 24.0. The largest absolute Gasteiger partial charge is 0.394 e. The van der Waals surface area contributed by atoms with Crippen LogP contribution < -0.4 is 5.32 Å². The quantitative estimate of drug-likeness (QED) is 0.0743. The molecule has 0 aliphatic rings. The highest BCUT2D eigenvalue weighted by molar-refractivity contribution is 6.01. The van der Waals surface area contributed by atoms with E-state index in [4.69, 9.17) is 0 Å². The number of hydrogen-bond acceptors (Lipinski definition) is 4. The number of amides is 1. The highest BCUT2D eigenvalue weighted by Crippen LogP contribution is 2.18. The summed E-state index contributed by atoms with van der Waals surface area (Å²) in [7, 11) is 0. The van der Waals surface area contributed by atoms with Gasteiger partial charge in [0.1, 0.15) is 5.78 Å². The van der Waals surface area contributed by atoms with E-state index in [2.05, 4.69) is 19.2 Å². The molecule has 214 valence electrons. The Morgan fingerprint density at radius 2 is 0.917 bits per heavy atom. The Balaban J connectivity index is 4.19. The van der Waals surface area contributed by atoms with Crippen LogP contribution in [0.5, 0.6) is 0 Å². The van der Waals surface area contributed by atoms with Crippen molar-refractivity contribution in [2.75, 3.05) is 13.2 Å². The molecule has 5 heteroatoms. The molecule has 0 aliphatic carbocycles. The Morgan fingerprint density at radius 3 is 1.31 bits per heavy atom. The first-order chi connectivity index (χ1) is 17.6. The lowest BCUT2D eigenvalue weighted by atomic mass is 9.91. The fraction of sp³-hybridized carbons (Fsp3) is 0.935. The summed E-state index contributed by atoms with van der Waals surface area (Å²) in [4.78, 5) is 25.7. The molecule has 0 rings (SSSR count). The van der Waals surface area contributed by atoms with Crippen molar-refractivity contribution in [3.8, 4) is 0 Å². The van der Waals surface area contributed by atoms with E-state index in [9.17, 15) is 19.8 Å². The zero-order valence-corrected chi connectivity index (χ0v) is 24.0. The van der Waals surface area contributed by atoms with E-state index >= 15 is 0 Å². The Kier molecular flexibility index (Phi) is 26.4. The number of ketones is 1. The van der Waals surface area contributed by atoms with Crippen LogP contribution >= 0.6 is 0 Å². The van der Waals surface area contributed by atoms with Crippen LogP contribution in [0, 0.1) is 5.92 Å². The van der Waals surface area contributed by atoms with Crippen molar-refractivity contribution in [2.24, 2.45) is 5.92 Å². The van der Waals surface area contributed by atoms with E-state index in [0.29, 0.717) is 12.8 Å². The van der Waals surface area contributed by atoms with Gasteiger partial charge >= 0.3 is 0 Å². The Hall–Kier alpha value is -0.940. The Labute approximate surface area is 223 Å². The van der Waals surface area contributed by atoms with Crippen molar-refractivity contribution in [2.45, 2.75) is 168 Å². The average molecular weight is 512 g/mol. The van der Waals surface area contributed by atoms with Crippen LogP contribution in [0.2, 0.25) is 0 Å². The fourth-order valence-corrected chi connectivity index (χ4v) is 4.86. The Morgan fingerprint density at radius 1 is 0.556 bits per heavy atom. The lowest BCUT2D eigenvalue weighted by Crippen LogP contribution is -2.45. The summed E-state index contributed by atoms with van der Waals surface area (Å²) in [6.45, 7) is 3.85. The summed E-state index contributed by atoms with van der Waals surface area (Å²) in [6, 6.07) is -0.692. The van der Waals surface area contributed by atoms with Gasteiger partial charge < -0.3 is 15.5 Å². The number of carbonyl (C=O) groups is 2. The summed E-state index contributed by atoms with van der Waals surface area (Å²) >= 11 is 0. The molecule has 0 aromatic carbocycles. The van der Waals surface area contributed by atoms with E-state index in [0.717, 1.165) is 38.5 Å². The second-order valence-corrected chi connectivity index (χ2v) is 10.8. The van der Waals surface area contributed by atoms with Crippen molar-refractivity contribution in [1.29, 1.82) is 0 Å². The zero-order chi connectivity index (χ0) is 26.7. The summed E-state index contributed by atoms with van der Waals surface area (Å²) in [5.41, 5.74) is 0. The average Bonchev–Trinajstić information content (AvgIpc) is 2.88.